The maximum atomic E-state index is 13.1. The molecule has 0 aromatic heterocycles. The van der Waals surface area contributed by atoms with E-state index in [0.29, 0.717) is 32.1 Å². The normalized spacial score (nSPS) is 19.3. The van der Waals surface area contributed by atoms with Crippen LogP contribution in [0.3, 0.4) is 0 Å². The second-order valence-electron chi connectivity index (χ2n) is 18.1. The van der Waals surface area contributed by atoms with Gasteiger partial charge < -0.3 is 39.0 Å². The number of hydrogen-bond acceptors (Lipinski definition) is 11. The number of aliphatic carboxylic acids is 1. The van der Waals surface area contributed by atoms with E-state index < -0.39 is 67.3 Å². The van der Waals surface area contributed by atoms with Gasteiger partial charge in [-0.1, -0.05) is 192 Å². The van der Waals surface area contributed by atoms with Crippen LogP contribution in [0.1, 0.15) is 175 Å². The number of aliphatic hydroxyl groups excluding tert-OH is 2. The summed E-state index contributed by atoms with van der Waals surface area (Å²) in [6.45, 7) is 5.50. The van der Waals surface area contributed by atoms with Crippen molar-refractivity contribution in [1.82, 2.24) is 0 Å². The number of hydrogen-bond donors (Lipinski definition) is 3. The summed E-state index contributed by atoms with van der Waals surface area (Å²) in [6.07, 6.45) is 58.6. The van der Waals surface area contributed by atoms with E-state index in [1.807, 2.05) is 36.5 Å². The fourth-order valence-corrected chi connectivity index (χ4v) is 7.27. The summed E-state index contributed by atoms with van der Waals surface area (Å²) in [4.78, 5) is 50.9. The van der Waals surface area contributed by atoms with Crippen molar-refractivity contribution in [3.8, 4) is 0 Å². The number of carbonyl (C=O) groups is 4. The molecule has 3 N–H and O–H groups in total. The fourth-order valence-electron chi connectivity index (χ4n) is 7.27. The number of aliphatic hydroxyl groups is 2. The van der Waals surface area contributed by atoms with Gasteiger partial charge in [0.1, 0.15) is 18.8 Å². The lowest BCUT2D eigenvalue weighted by Crippen LogP contribution is -2.61. The van der Waals surface area contributed by atoms with Crippen LogP contribution >= 0.6 is 0 Å². The zero-order valence-corrected chi connectivity index (χ0v) is 45.7. The highest BCUT2D eigenvalue weighted by molar-refractivity contribution is 5.74. The molecule has 0 aliphatic carbocycles. The molecule has 0 bridgehead atoms. The summed E-state index contributed by atoms with van der Waals surface area (Å²) in [7, 11) is 0. The Morgan fingerprint density at radius 1 is 0.440 bits per heavy atom. The van der Waals surface area contributed by atoms with Crippen LogP contribution in [0.15, 0.2) is 146 Å². The van der Waals surface area contributed by atoms with Gasteiger partial charge in [-0.2, -0.15) is 0 Å². The van der Waals surface area contributed by atoms with Crippen molar-refractivity contribution < 1.29 is 58.2 Å². The monoisotopic (exact) mass is 1040 g/mol. The summed E-state index contributed by atoms with van der Waals surface area (Å²) in [5, 5.41) is 31.4. The largest absolute Gasteiger partial charge is 0.479 e. The van der Waals surface area contributed by atoms with Gasteiger partial charge in [-0.3, -0.25) is 14.4 Å². The summed E-state index contributed by atoms with van der Waals surface area (Å²) >= 11 is 0. The highest BCUT2D eigenvalue weighted by Crippen LogP contribution is 2.26. The van der Waals surface area contributed by atoms with Gasteiger partial charge in [0, 0.05) is 19.3 Å². The predicted molar refractivity (Wildman–Crippen MR) is 302 cm³/mol. The van der Waals surface area contributed by atoms with Gasteiger partial charge in [-0.25, -0.2) is 4.79 Å². The lowest BCUT2D eigenvalue weighted by atomic mass is 9.98. The van der Waals surface area contributed by atoms with Crippen molar-refractivity contribution in [3.05, 3.63) is 146 Å². The SMILES string of the molecule is CC/C=C\C/C=C\C/C=C\C/C=C\CCCCCCCCC(=O)OCC(COC1OC(C(=O)O)C(O)C(O)C1OC(=O)CC/C=C\C/C=C\C/C=C\C/C=C\CC)OC(=O)CC/C=C\C/C=C\C/C=C\C/C=C\CC. The Bertz CT molecular complexity index is 1860. The minimum atomic E-state index is -1.95. The van der Waals surface area contributed by atoms with E-state index >= 15 is 0 Å². The van der Waals surface area contributed by atoms with E-state index in [1.54, 1.807) is 0 Å². The molecule has 6 atom stereocenters. The molecule has 1 aliphatic rings. The molecule has 6 unspecified atom stereocenters. The first-order valence-electron chi connectivity index (χ1n) is 27.8. The van der Waals surface area contributed by atoms with Gasteiger partial charge in [0.25, 0.3) is 0 Å². The number of carboxylic acid groups (broad SMARTS) is 1. The van der Waals surface area contributed by atoms with Crippen molar-refractivity contribution in [2.75, 3.05) is 13.2 Å². The van der Waals surface area contributed by atoms with Crippen molar-refractivity contribution >= 4 is 23.9 Å². The van der Waals surface area contributed by atoms with Gasteiger partial charge >= 0.3 is 23.9 Å². The molecule has 418 valence electrons. The number of rotatable bonds is 44. The highest BCUT2D eigenvalue weighted by Gasteiger charge is 2.50. The molecular weight excluding hydrogens is 949 g/mol. The maximum absolute atomic E-state index is 13.1. The van der Waals surface area contributed by atoms with Crippen LogP contribution in [0.25, 0.3) is 0 Å². The van der Waals surface area contributed by atoms with Crippen LogP contribution in [0.5, 0.6) is 0 Å². The quantitative estimate of drug-likeness (QED) is 0.0228. The Hall–Kier alpha value is -5.40. The van der Waals surface area contributed by atoms with E-state index in [-0.39, 0.29) is 25.9 Å². The van der Waals surface area contributed by atoms with Gasteiger partial charge in [0.05, 0.1) is 6.61 Å². The zero-order chi connectivity index (χ0) is 54.7. The fraction of sp³-hybridized carbons (Fsp3) is 0.556. The molecule has 0 amide bonds. The highest BCUT2D eigenvalue weighted by atomic mass is 16.7. The van der Waals surface area contributed by atoms with Crippen LogP contribution < -0.4 is 0 Å². The van der Waals surface area contributed by atoms with Gasteiger partial charge in [0.2, 0.25) is 0 Å². The third kappa shape index (κ3) is 39.7. The molecule has 1 fully saturated rings. The molecule has 0 saturated carbocycles. The molecule has 1 heterocycles. The lowest BCUT2D eigenvalue weighted by molar-refractivity contribution is -0.301. The summed E-state index contributed by atoms with van der Waals surface area (Å²) in [5.74, 6) is -3.39. The Morgan fingerprint density at radius 2 is 0.827 bits per heavy atom. The molecule has 0 aromatic carbocycles. The summed E-state index contributed by atoms with van der Waals surface area (Å²) < 4.78 is 28.1. The smallest absolute Gasteiger partial charge is 0.335 e. The van der Waals surface area contributed by atoms with Crippen molar-refractivity contribution in [1.29, 1.82) is 0 Å². The Kier molecular flexibility index (Phi) is 44.6. The first-order chi connectivity index (χ1) is 36.6. The zero-order valence-electron chi connectivity index (χ0n) is 45.7. The number of ether oxygens (including phenoxy) is 5. The second-order valence-corrected chi connectivity index (χ2v) is 18.1. The van der Waals surface area contributed by atoms with Gasteiger partial charge in [-0.05, 0) is 109 Å². The first-order valence-corrected chi connectivity index (χ1v) is 27.8. The maximum Gasteiger partial charge on any atom is 0.335 e. The first kappa shape index (κ1) is 67.6. The lowest BCUT2D eigenvalue weighted by Gasteiger charge is -2.40. The third-order valence-corrected chi connectivity index (χ3v) is 11.4. The molecule has 0 radical (unpaired) electrons. The van der Waals surface area contributed by atoms with E-state index in [2.05, 4.69) is 130 Å². The van der Waals surface area contributed by atoms with Crippen LogP contribution in [-0.4, -0.2) is 89.2 Å². The Morgan fingerprint density at radius 3 is 1.27 bits per heavy atom. The standard InChI is InChI=1S/C63H94O12/c1-4-7-10-13-16-19-22-25-26-27-28-29-30-33-34-37-40-43-46-49-55(64)71-52-54(73-56(65)50-47-44-41-38-35-31-23-20-17-14-11-8-5-2)53-72-63-61(59(68)58(67)60(75-63)62(69)70)74-57(66)51-48-45-42-39-36-32-24-21-18-15-12-9-6-3/h7-12,16-21,25-26,28-29,31-32,35-36,41-42,44-45,54,58-61,63,67-68H,4-6,13-15,22-24,27,30,33-34,37-40,43,46-53H2,1-3H3,(H,69,70)/b10-7-,11-8-,12-9-,19-16-,20-17-,21-18-,26-25-,29-28-,35-31-,36-32-,44-41-,45-42-. The number of allylic oxidation sites excluding steroid dienone is 24. The van der Waals surface area contributed by atoms with Crippen LogP contribution in [0.2, 0.25) is 0 Å². The molecule has 12 heteroatoms. The third-order valence-electron chi connectivity index (χ3n) is 11.4. The second kappa shape index (κ2) is 49.5. The molecule has 1 aliphatic heterocycles. The average molecular weight is 1040 g/mol. The van der Waals surface area contributed by atoms with Crippen molar-refractivity contribution in [2.45, 2.75) is 212 Å². The minimum absolute atomic E-state index is 0.0214. The molecule has 0 aromatic rings. The Labute approximate surface area is 451 Å². The number of carbonyl (C=O) groups excluding carboxylic acids is 3. The van der Waals surface area contributed by atoms with Crippen molar-refractivity contribution in [2.24, 2.45) is 0 Å². The molecule has 12 nitrogen and oxygen atoms in total. The van der Waals surface area contributed by atoms with Crippen LogP contribution in [0.4, 0.5) is 0 Å². The Balaban J connectivity index is 2.78. The molecule has 75 heavy (non-hydrogen) atoms. The molecule has 1 rings (SSSR count). The van der Waals surface area contributed by atoms with Crippen LogP contribution in [-0.2, 0) is 42.9 Å². The van der Waals surface area contributed by atoms with E-state index in [9.17, 15) is 34.5 Å². The number of esters is 3. The van der Waals surface area contributed by atoms with E-state index in [4.69, 9.17) is 23.7 Å². The topological polar surface area (TPSA) is 175 Å². The van der Waals surface area contributed by atoms with Gasteiger partial charge in [-0.15, -0.1) is 0 Å². The van der Waals surface area contributed by atoms with Crippen molar-refractivity contribution in [3.63, 3.8) is 0 Å². The van der Waals surface area contributed by atoms with E-state index in [0.717, 1.165) is 103 Å². The minimum Gasteiger partial charge on any atom is -0.479 e. The molecular formula is C63H94O12. The number of unbranched alkanes of at least 4 members (excludes halogenated alkanes) is 6. The number of carboxylic acids is 1. The van der Waals surface area contributed by atoms with Gasteiger partial charge in [0.15, 0.2) is 24.6 Å². The van der Waals surface area contributed by atoms with Crippen LogP contribution in [0, 0.1) is 0 Å². The summed E-state index contributed by atoms with van der Waals surface area (Å²) in [5.41, 5.74) is 0. The van der Waals surface area contributed by atoms with E-state index in [1.165, 1.54) is 0 Å². The predicted octanol–water partition coefficient (Wildman–Crippen LogP) is 14.0. The molecule has 0 spiro atoms. The average Bonchev–Trinajstić information content (AvgIpc) is 3.39. The molecule has 1 saturated heterocycles. The summed E-state index contributed by atoms with van der Waals surface area (Å²) in [6, 6.07) is 0.